The van der Waals surface area contributed by atoms with E-state index in [1.165, 1.54) is 0 Å². The summed E-state index contributed by atoms with van der Waals surface area (Å²) in [5.74, 6) is 1.60. The Labute approximate surface area is 103 Å². The first kappa shape index (κ1) is 11.0. The quantitative estimate of drug-likeness (QED) is 0.838. The molecule has 2 aromatic rings. The molecule has 0 saturated heterocycles. The molecule has 0 radical (unpaired) electrons. The minimum absolute atomic E-state index is 0.779. The smallest absolute Gasteiger partial charge is 0.128 e. The molecule has 2 rings (SSSR count). The van der Waals surface area contributed by atoms with Gasteiger partial charge < -0.3 is 10.5 Å². The summed E-state index contributed by atoms with van der Waals surface area (Å²) in [4.78, 5) is 0. The fourth-order valence-electron chi connectivity index (χ4n) is 1.38. The Morgan fingerprint density at radius 2 is 1.81 bits per heavy atom. The van der Waals surface area contributed by atoms with Crippen LogP contribution < -0.4 is 10.5 Å². The van der Waals surface area contributed by atoms with Crippen molar-refractivity contribution in [2.24, 2.45) is 0 Å². The zero-order valence-corrected chi connectivity index (χ0v) is 10.5. The number of halogens is 1. The lowest BCUT2D eigenvalue weighted by Crippen LogP contribution is -1.90. The molecule has 0 amide bonds. The molecular weight excluding hydrogens is 266 g/mol. The number of anilines is 1. The third-order valence-corrected chi connectivity index (χ3v) is 2.77. The summed E-state index contributed by atoms with van der Waals surface area (Å²) in [5, 5.41) is 0. The molecule has 16 heavy (non-hydrogen) atoms. The maximum atomic E-state index is 5.74. The number of hydrogen-bond acceptors (Lipinski definition) is 2. The second-order valence-corrected chi connectivity index (χ2v) is 4.49. The highest BCUT2D eigenvalue weighted by atomic mass is 79.9. The molecule has 0 spiro atoms. The number of rotatable bonds is 2. The Morgan fingerprint density at radius 1 is 1.06 bits per heavy atom. The van der Waals surface area contributed by atoms with Gasteiger partial charge in [0.25, 0.3) is 0 Å². The molecule has 0 bridgehead atoms. The van der Waals surface area contributed by atoms with Crippen LogP contribution in [0.3, 0.4) is 0 Å². The third kappa shape index (κ3) is 2.55. The van der Waals surface area contributed by atoms with Crippen molar-refractivity contribution in [2.75, 3.05) is 5.73 Å². The minimum Gasteiger partial charge on any atom is -0.457 e. The van der Waals surface area contributed by atoms with Crippen LogP contribution >= 0.6 is 15.9 Å². The summed E-state index contributed by atoms with van der Waals surface area (Å²) in [6.07, 6.45) is 0. The van der Waals surface area contributed by atoms with Crippen molar-refractivity contribution in [3.63, 3.8) is 0 Å². The van der Waals surface area contributed by atoms with Crippen LogP contribution in [0.5, 0.6) is 11.5 Å². The summed E-state index contributed by atoms with van der Waals surface area (Å²) >= 11 is 3.40. The molecule has 2 N–H and O–H groups in total. The van der Waals surface area contributed by atoms with Gasteiger partial charge in [0.15, 0.2) is 0 Å². The molecule has 0 fully saturated rings. The van der Waals surface area contributed by atoms with Gasteiger partial charge in [-0.2, -0.15) is 0 Å². The van der Waals surface area contributed by atoms with Crippen LogP contribution in [0, 0.1) is 6.92 Å². The molecule has 0 aliphatic carbocycles. The van der Waals surface area contributed by atoms with Crippen LogP contribution in [-0.4, -0.2) is 0 Å². The first-order chi connectivity index (χ1) is 7.65. The highest BCUT2D eigenvalue weighted by molar-refractivity contribution is 9.10. The van der Waals surface area contributed by atoms with E-state index >= 15 is 0 Å². The second-order valence-electron chi connectivity index (χ2n) is 3.58. The van der Waals surface area contributed by atoms with E-state index in [4.69, 9.17) is 10.5 Å². The highest BCUT2D eigenvalue weighted by Crippen LogP contribution is 2.26. The molecule has 2 nitrogen and oxygen atoms in total. The van der Waals surface area contributed by atoms with Crippen LogP contribution in [0.25, 0.3) is 0 Å². The van der Waals surface area contributed by atoms with Crippen molar-refractivity contribution in [3.8, 4) is 11.5 Å². The predicted octanol–water partition coefficient (Wildman–Crippen LogP) is 4.13. The molecule has 0 heterocycles. The van der Waals surface area contributed by atoms with Crippen LogP contribution in [-0.2, 0) is 0 Å². The van der Waals surface area contributed by atoms with E-state index < -0.39 is 0 Å². The van der Waals surface area contributed by atoms with Gasteiger partial charge in [-0.25, -0.2) is 0 Å². The van der Waals surface area contributed by atoms with E-state index in [2.05, 4.69) is 15.9 Å². The lowest BCUT2D eigenvalue weighted by Gasteiger charge is -2.07. The van der Waals surface area contributed by atoms with Crippen LogP contribution in [0.1, 0.15) is 5.56 Å². The number of nitrogen functional groups attached to an aromatic ring is 1. The van der Waals surface area contributed by atoms with Crippen molar-refractivity contribution < 1.29 is 4.74 Å². The average Bonchev–Trinajstić information content (AvgIpc) is 2.24. The van der Waals surface area contributed by atoms with Crippen LogP contribution in [0.15, 0.2) is 46.9 Å². The van der Waals surface area contributed by atoms with E-state index in [1.807, 2.05) is 49.4 Å². The molecule has 82 valence electrons. The van der Waals surface area contributed by atoms with Crippen LogP contribution in [0.4, 0.5) is 5.69 Å². The van der Waals surface area contributed by atoms with Gasteiger partial charge in [-0.05, 0) is 48.9 Å². The summed E-state index contributed by atoms with van der Waals surface area (Å²) in [7, 11) is 0. The Morgan fingerprint density at radius 3 is 2.50 bits per heavy atom. The van der Waals surface area contributed by atoms with Gasteiger partial charge >= 0.3 is 0 Å². The van der Waals surface area contributed by atoms with Gasteiger partial charge in [-0.15, -0.1) is 0 Å². The van der Waals surface area contributed by atoms with E-state index in [-0.39, 0.29) is 0 Å². The summed E-state index contributed by atoms with van der Waals surface area (Å²) < 4.78 is 6.71. The molecule has 0 atom stereocenters. The van der Waals surface area contributed by atoms with E-state index in [9.17, 15) is 0 Å². The molecule has 3 heteroatoms. The highest BCUT2D eigenvalue weighted by Gasteiger charge is 2.00. The minimum atomic E-state index is 0.779. The van der Waals surface area contributed by atoms with Crippen molar-refractivity contribution >= 4 is 21.6 Å². The van der Waals surface area contributed by atoms with E-state index in [0.717, 1.165) is 27.2 Å². The maximum Gasteiger partial charge on any atom is 0.128 e. The monoisotopic (exact) mass is 277 g/mol. The topological polar surface area (TPSA) is 35.2 Å². The normalized spacial score (nSPS) is 10.1. The first-order valence-corrected chi connectivity index (χ1v) is 5.74. The van der Waals surface area contributed by atoms with Gasteiger partial charge in [0.1, 0.15) is 11.5 Å². The largest absolute Gasteiger partial charge is 0.457 e. The fraction of sp³-hybridized carbons (Fsp3) is 0.0769. The van der Waals surface area contributed by atoms with Crippen LogP contribution in [0.2, 0.25) is 0 Å². The Kier molecular flexibility index (Phi) is 3.15. The molecule has 0 saturated carbocycles. The number of nitrogens with two attached hydrogens (primary N) is 1. The average molecular weight is 278 g/mol. The third-order valence-electron chi connectivity index (χ3n) is 2.27. The number of benzene rings is 2. The first-order valence-electron chi connectivity index (χ1n) is 4.95. The second kappa shape index (κ2) is 4.58. The van der Waals surface area contributed by atoms with E-state index in [1.54, 1.807) is 0 Å². The van der Waals surface area contributed by atoms with Gasteiger partial charge in [0.05, 0.1) is 0 Å². The Bertz CT molecular complexity index is 511. The zero-order valence-electron chi connectivity index (χ0n) is 8.91. The van der Waals surface area contributed by atoms with Gasteiger partial charge in [-0.1, -0.05) is 22.0 Å². The van der Waals surface area contributed by atoms with Crippen molar-refractivity contribution in [1.82, 2.24) is 0 Å². The fourth-order valence-corrected chi connectivity index (χ4v) is 1.76. The van der Waals surface area contributed by atoms with Crippen molar-refractivity contribution in [3.05, 3.63) is 52.5 Å². The van der Waals surface area contributed by atoms with Gasteiger partial charge in [-0.3, -0.25) is 0 Å². The number of ether oxygens (including phenoxy) is 1. The molecule has 2 aromatic carbocycles. The maximum absolute atomic E-state index is 5.74. The Hall–Kier alpha value is -1.48. The summed E-state index contributed by atoms with van der Waals surface area (Å²) in [6.45, 7) is 1.96. The molecule has 0 aliphatic heterocycles. The van der Waals surface area contributed by atoms with Gasteiger partial charge in [0, 0.05) is 10.2 Å². The van der Waals surface area contributed by atoms with Gasteiger partial charge in [0.2, 0.25) is 0 Å². The Balaban J connectivity index is 2.24. The van der Waals surface area contributed by atoms with Crippen molar-refractivity contribution in [2.45, 2.75) is 6.92 Å². The van der Waals surface area contributed by atoms with E-state index in [0.29, 0.717) is 0 Å². The van der Waals surface area contributed by atoms with Crippen molar-refractivity contribution in [1.29, 1.82) is 0 Å². The summed E-state index contributed by atoms with van der Waals surface area (Å²) in [5.41, 5.74) is 7.54. The summed E-state index contributed by atoms with van der Waals surface area (Å²) in [6, 6.07) is 13.4. The predicted molar refractivity (Wildman–Crippen MR) is 69.8 cm³/mol. The molecule has 0 aromatic heterocycles. The number of aryl methyl sites for hydroxylation is 1. The molecule has 0 aliphatic rings. The molecule has 0 unspecified atom stereocenters. The standard InChI is InChI=1S/C13H12BrNO/c1-9-7-12(5-6-13(9)15)16-11-4-2-3-10(14)8-11/h2-8H,15H2,1H3. The zero-order chi connectivity index (χ0) is 11.5. The lowest BCUT2D eigenvalue weighted by atomic mass is 10.2. The lowest BCUT2D eigenvalue weighted by molar-refractivity contribution is 0.482. The molecular formula is C13H12BrNO. The number of hydrogen-bond donors (Lipinski definition) is 1. The SMILES string of the molecule is Cc1cc(Oc2cccc(Br)c2)ccc1N.